The van der Waals surface area contributed by atoms with Crippen LogP contribution in [0.5, 0.6) is 0 Å². The highest BCUT2D eigenvalue weighted by atomic mass is 19.1. The van der Waals surface area contributed by atoms with Gasteiger partial charge in [-0.25, -0.2) is 10.3 Å². The Morgan fingerprint density at radius 1 is 1.50 bits per heavy atom. The summed E-state index contributed by atoms with van der Waals surface area (Å²) in [6.07, 6.45) is 0. The second kappa shape index (κ2) is 4.50. The molecule has 0 spiro atoms. The molecule has 0 fully saturated rings. The SMILES string of the molecule is NOCC#Cc1cccc(F)c1. The summed E-state index contributed by atoms with van der Waals surface area (Å²) in [5.74, 6) is 9.76. The van der Waals surface area contributed by atoms with Crippen LogP contribution in [0.25, 0.3) is 0 Å². The molecule has 0 unspecified atom stereocenters. The van der Waals surface area contributed by atoms with Crippen LogP contribution in [0, 0.1) is 17.7 Å². The van der Waals surface area contributed by atoms with Gasteiger partial charge in [-0.2, -0.15) is 0 Å². The summed E-state index contributed by atoms with van der Waals surface area (Å²) in [4.78, 5) is 4.23. The molecule has 3 heteroatoms. The van der Waals surface area contributed by atoms with Crippen molar-refractivity contribution in [2.24, 2.45) is 5.90 Å². The van der Waals surface area contributed by atoms with Crippen molar-refractivity contribution in [3.05, 3.63) is 35.6 Å². The second-order valence-electron chi connectivity index (χ2n) is 2.12. The molecule has 0 aliphatic carbocycles. The van der Waals surface area contributed by atoms with Gasteiger partial charge in [0.2, 0.25) is 0 Å². The standard InChI is InChI=1S/C9H8FNO/c10-9-5-1-3-8(7-9)4-2-6-12-11/h1,3,5,7H,6,11H2. The minimum absolute atomic E-state index is 0.149. The molecule has 0 aliphatic heterocycles. The summed E-state index contributed by atoms with van der Waals surface area (Å²) < 4.78 is 12.6. The fourth-order valence-electron chi connectivity index (χ4n) is 0.746. The zero-order valence-electron chi connectivity index (χ0n) is 6.38. The van der Waals surface area contributed by atoms with Crippen molar-refractivity contribution in [2.45, 2.75) is 0 Å². The van der Waals surface area contributed by atoms with Gasteiger partial charge in [-0.15, -0.1) is 0 Å². The van der Waals surface area contributed by atoms with Gasteiger partial charge in [0.15, 0.2) is 0 Å². The predicted octanol–water partition coefficient (Wildman–Crippen LogP) is 1.07. The van der Waals surface area contributed by atoms with E-state index in [0.29, 0.717) is 5.56 Å². The van der Waals surface area contributed by atoms with E-state index in [4.69, 9.17) is 5.90 Å². The topological polar surface area (TPSA) is 35.2 Å². The van der Waals surface area contributed by atoms with E-state index in [1.807, 2.05) is 0 Å². The van der Waals surface area contributed by atoms with Crippen LogP contribution in [-0.4, -0.2) is 6.61 Å². The molecule has 12 heavy (non-hydrogen) atoms. The largest absolute Gasteiger partial charge is 0.292 e. The predicted molar refractivity (Wildman–Crippen MR) is 43.4 cm³/mol. The Hall–Kier alpha value is -1.37. The monoisotopic (exact) mass is 165 g/mol. The first-order chi connectivity index (χ1) is 5.83. The quantitative estimate of drug-likeness (QED) is 0.499. The van der Waals surface area contributed by atoms with Gasteiger partial charge in [0.1, 0.15) is 12.4 Å². The van der Waals surface area contributed by atoms with Crippen molar-refractivity contribution in [2.75, 3.05) is 6.61 Å². The first-order valence-electron chi connectivity index (χ1n) is 3.39. The van der Waals surface area contributed by atoms with Crippen molar-refractivity contribution >= 4 is 0 Å². The number of halogens is 1. The molecular formula is C9H8FNO. The molecule has 0 amide bonds. The first kappa shape index (κ1) is 8.72. The van der Waals surface area contributed by atoms with E-state index in [-0.39, 0.29) is 12.4 Å². The van der Waals surface area contributed by atoms with Crippen LogP contribution in [0.4, 0.5) is 4.39 Å². The maximum absolute atomic E-state index is 12.6. The van der Waals surface area contributed by atoms with Gasteiger partial charge in [0.05, 0.1) is 0 Å². The van der Waals surface area contributed by atoms with Crippen molar-refractivity contribution in [1.82, 2.24) is 0 Å². The lowest BCUT2D eigenvalue weighted by Gasteiger charge is -1.89. The zero-order valence-corrected chi connectivity index (χ0v) is 6.38. The van der Waals surface area contributed by atoms with Gasteiger partial charge in [-0.1, -0.05) is 17.9 Å². The minimum Gasteiger partial charge on any atom is -0.292 e. The minimum atomic E-state index is -0.296. The van der Waals surface area contributed by atoms with Gasteiger partial charge in [0.25, 0.3) is 0 Å². The average molecular weight is 165 g/mol. The van der Waals surface area contributed by atoms with Crippen molar-refractivity contribution in [3.8, 4) is 11.8 Å². The molecule has 0 saturated carbocycles. The lowest BCUT2D eigenvalue weighted by Crippen LogP contribution is -1.97. The molecule has 2 nitrogen and oxygen atoms in total. The molecule has 62 valence electrons. The number of hydrogen-bond acceptors (Lipinski definition) is 2. The van der Waals surface area contributed by atoms with Crippen molar-refractivity contribution in [3.63, 3.8) is 0 Å². The van der Waals surface area contributed by atoms with E-state index in [9.17, 15) is 4.39 Å². The molecule has 0 radical (unpaired) electrons. The summed E-state index contributed by atoms with van der Waals surface area (Å²) >= 11 is 0. The van der Waals surface area contributed by atoms with Crippen LogP contribution in [0.1, 0.15) is 5.56 Å². The molecule has 2 N–H and O–H groups in total. The average Bonchev–Trinajstić information content (AvgIpc) is 2.05. The smallest absolute Gasteiger partial charge is 0.129 e. The Bertz CT molecular complexity index is 314. The Morgan fingerprint density at radius 2 is 2.33 bits per heavy atom. The van der Waals surface area contributed by atoms with Crippen molar-refractivity contribution < 1.29 is 9.23 Å². The van der Waals surface area contributed by atoms with E-state index < -0.39 is 0 Å². The van der Waals surface area contributed by atoms with Gasteiger partial charge in [-0.3, -0.25) is 4.84 Å². The molecule has 0 saturated heterocycles. The highest BCUT2D eigenvalue weighted by Crippen LogP contribution is 2.00. The third kappa shape index (κ3) is 2.70. The van der Waals surface area contributed by atoms with Crippen LogP contribution in [0.3, 0.4) is 0 Å². The maximum Gasteiger partial charge on any atom is 0.129 e. The van der Waals surface area contributed by atoms with Crippen LogP contribution >= 0.6 is 0 Å². The Morgan fingerprint density at radius 3 is 3.00 bits per heavy atom. The molecule has 1 aromatic rings. The van der Waals surface area contributed by atoms with Gasteiger partial charge in [-0.05, 0) is 18.2 Å². The third-order valence-corrected chi connectivity index (χ3v) is 1.21. The third-order valence-electron chi connectivity index (χ3n) is 1.21. The molecule has 0 aliphatic rings. The second-order valence-corrected chi connectivity index (χ2v) is 2.12. The van der Waals surface area contributed by atoms with Crippen LogP contribution in [-0.2, 0) is 4.84 Å². The summed E-state index contributed by atoms with van der Waals surface area (Å²) in [5, 5.41) is 0. The number of rotatable bonds is 1. The molecular weight excluding hydrogens is 157 g/mol. The summed E-state index contributed by atoms with van der Waals surface area (Å²) in [7, 11) is 0. The van der Waals surface area contributed by atoms with E-state index in [1.54, 1.807) is 12.1 Å². The maximum atomic E-state index is 12.6. The van der Waals surface area contributed by atoms with Crippen molar-refractivity contribution in [1.29, 1.82) is 0 Å². The molecule has 0 heterocycles. The summed E-state index contributed by atoms with van der Waals surface area (Å²) in [6.45, 7) is 0.149. The van der Waals surface area contributed by atoms with Gasteiger partial charge >= 0.3 is 0 Å². The first-order valence-corrected chi connectivity index (χ1v) is 3.39. The molecule has 0 bridgehead atoms. The van der Waals surface area contributed by atoms with E-state index in [0.717, 1.165) is 0 Å². The molecule has 1 aromatic carbocycles. The van der Waals surface area contributed by atoms with E-state index in [2.05, 4.69) is 16.7 Å². The zero-order chi connectivity index (χ0) is 8.81. The lowest BCUT2D eigenvalue weighted by molar-refractivity contribution is 0.173. The van der Waals surface area contributed by atoms with Gasteiger partial charge < -0.3 is 0 Å². The number of nitrogens with two attached hydrogens (primary N) is 1. The molecule has 0 atom stereocenters. The highest BCUT2D eigenvalue weighted by Gasteiger charge is 1.88. The van der Waals surface area contributed by atoms with Gasteiger partial charge in [0, 0.05) is 5.56 Å². The lowest BCUT2D eigenvalue weighted by atomic mass is 10.2. The number of hydrogen-bond donors (Lipinski definition) is 1. The van der Waals surface area contributed by atoms with Crippen LogP contribution < -0.4 is 5.90 Å². The fraction of sp³-hybridized carbons (Fsp3) is 0.111. The normalized spacial score (nSPS) is 8.83. The molecule has 1 rings (SSSR count). The summed E-state index contributed by atoms with van der Waals surface area (Å²) in [6, 6.07) is 6.03. The molecule has 0 aromatic heterocycles. The Balaban J connectivity index is 2.71. The number of benzene rings is 1. The fourth-order valence-corrected chi connectivity index (χ4v) is 0.746. The highest BCUT2D eigenvalue weighted by molar-refractivity contribution is 5.34. The van der Waals surface area contributed by atoms with E-state index >= 15 is 0 Å². The van der Waals surface area contributed by atoms with E-state index in [1.165, 1.54) is 12.1 Å². The van der Waals surface area contributed by atoms with Crippen LogP contribution in [0.2, 0.25) is 0 Å². The van der Waals surface area contributed by atoms with Crippen LogP contribution in [0.15, 0.2) is 24.3 Å². The Labute approximate surface area is 70.1 Å². The Kier molecular flexibility index (Phi) is 3.27. The summed E-state index contributed by atoms with van der Waals surface area (Å²) in [5.41, 5.74) is 0.618.